The summed E-state index contributed by atoms with van der Waals surface area (Å²) in [6, 6.07) is 15.9. The molecule has 0 saturated heterocycles. The van der Waals surface area contributed by atoms with Crippen LogP contribution in [0.15, 0.2) is 53.6 Å². The second-order valence-electron chi connectivity index (χ2n) is 6.12. The van der Waals surface area contributed by atoms with Crippen molar-refractivity contribution >= 4 is 22.7 Å². The molecule has 3 nitrogen and oxygen atoms in total. The summed E-state index contributed by atoms with van der Waals surface area (Å²) in [7, 11) is 2.00. The third-order valence-corrected chi connectivity index (χ3v) is 5.73. The first-order valence-corrected chi connectivity index (χ1v) is 9.15. The van der Waals surface area contributed by atoms with Crippen LogP contribution < -0.4 is 5.32 Å². The Bertz CT molecular complexity index is 824. The number of aryl methyl sites for hydroxylation is 1. The molecule has 3 aromatic rings. The molecule has 0 amide bonds. The molecular formula is C19H21N3S. The summed E-state index contributed by atoms with van der Waals surface area (Å²) in [6.45, 7) is 0.894. The van der Waals surface area contributed by atoms with Crippen molar-refractivity contribution in [3.8, 4) is 0 Å². The number of aromatic nitrogens is 2. The number of nitrogens with zero attached hydrogens (tertiary/aromatic N) is 2. The standard InChI is InChI=1S/C19H21N3S/c1-22-18-11-14(8-9-15(18)13-21-22)12-20-17-6-4-10-23-19-7-3-2-5-16(17)19/h2-3,5,7-9,11,13,17,20H,4,6,10,12H2,1H3. The molecule has 1 aromatic heterocycles. The molecule has 1 aliphatic heterocycles. The molecule has 1 aliphatic rings. The van der Waals surface area contributed by atoms with Gasteiger partial charge in [-0.25, -0.2) is 0 Å². The first kappa shape index (κ1) is 14.8. The Hall–Kier alpha value is -1.78. The average Bonchev–Trinajstić information content (AvgIpc) is 2.83. The fourth-order valence-corrected chi connectivity index (χ4v) is 4.36. The Labute approximate surface area is 141 Å². The molecule has 0 spiro atoms. The normalized spacial score (nSPS) is 17.9. The van der Waals surface area contributed by atoms with Crippen molar-refractivity contribution < 1.29 is 0 Å². The summed E-state index contributed by atoms with van der Waals surface area (Å²) >= 11 is 1.99. The summed E-state index contributed by atoms with van der Waals surface area (Å²) in [5, 5.41) is 9.29. The quantitative estimate of drug-likeness (QED) is 0.780. The van der Waals surface area contributed by atoms with Crippen molar-refractivity contribution in [3.63, 3.8) is 0 Å². The summed E-state index contributed by atoms with van der Waals surface area (Å²) < 4.78 is 1.94. The molecule has 2 aromatic carbocycles. The highest BCUT2D eigenvalue weighted by atomic mass is 32.2. The Morgan fingerprint density at radius 1 is 1.26 bits per heavy atom. The van der Waals surface area contributed by atoms with E-state index < -0.39 is 0 Å². The fourth-order valence-electron chi connectivity index (χ4n) is 3.28. The van der Waals surface area contributed by atoms with Crippen LogP contribution in [0.3, 0.4) is 0 Å². The molecule has 0 saturated carbocycles. The lowest BCUT2D eigenvalue weighted by molar-refractivity contribution is 0.493. The van der Waals surface area contributed by atoms with E-state index in [1.54, 1.807) is 0 Å². The van der Waals surface area contributed by atoms with Crippen molar-refractivity contribution in [3.05, 3.63) is 59.8 Å². The lowest BCUT2D eigenvalue weighted by Gasteiger charge is -2.19. The molecule has 2 heterocycles. The highest BCUT2D eigenvalue weighted by molar-refractivity contribution is 7.99. The van der Waals surface area contributed by atoms with E-state index in [9.17, 15) is 0 Å². The highest BCUT2D eigenvalue weighted by Crippen LogP contribution is 2.34. The maximum absolute atomic E-state index is 4.32. The van der Waals surface area contributed by atoms with Crippen LogP contribution in [0.4, 0.5) is 0 Å². The van der Waals surface area contributed by atoms with Gasteiger partial charge in [0, 0.05) is 29.9 Å². The van der Waals surface area contributed by atoms with Crippen molar-refractivity contribution in [2.75, 3.05) is 5.75 Å². The molecular weight excluding hydrogens is 302 g/mol. The third kappa shape index (κ3) is 3.01. The molecule has 118 valence electrons. The zero-order valence-corrected chi connectivity index (χ0v) is 14.1. The van der Waals surface area contributed by atoms with Gasteiger partial charge in [0.1, 0.15) is 0 Å². The van der Waals surface area contributed by atoms with E-state index in [0.717, 1.165) is 6.54 Å². The number of benzene rings is 2. The topological polar surface area (TPSA) is 29.9 Å². The van der Waals surface area contributed by atoms with Gasteiger partial charge in [-0.1, -0.05) is 30.3 Å². The van der Waals surface area contributed by atoms with Gasteiger partial charge in [-0.15, -0.1) is 11.8 Å². The van der Waals surface area contributed by atoms with Crippen LogP contribution in [0, 0.1) is 0 Å². The lowest BCUT2D eigenvalue weighted by Crippen LogP contribution is -2.21. The van der Waals surface area contributed by atoms with E-state index in [4.69, 9.17) is 0 Å². The van der Waals surface area contributed by atoms with Crippen molar-refractivity contribution in [2.45, 2.75) is 30.3 Å². The molecule has 1 atom stereocenters. The van der Waals surface area contributed by atoms with Crippen LogP contribution in [-0.2, 0) is 13.6 Å². The van der Waals surface area contributed by atoms with Crippen molar-refractivity contribution in [1.82, 2.24) is 15.1 Å². The molecule has 1 N–H and O–H groups in total. The number of rotatable bonds is 3. The summed E-state index contributed by atoms with van der Waals surface area (Å²) in [6.07, 6.45) is 4.39. The molecule has 23 heavy (non-hydrogen) atoms. The van der Waals surface area contributed by atoms with E-state index in [1.807, 2.05) is 29.7 Å². The zero-order chi connectivity index (χ0) is 15.6. The minimum absolute atomic E-state index is 0.448. The maximum atomic E-state index is 4.32. The number of nitrogens with one attached hydrogen (secondary N) is 1. The van der Waals surface area contributed by atoms with Gasteiger partial charge in [-0.3, -0.25) is 4.68 Å². The van der Waals surface area contributed by atoms with Crippen LogP contribution in [0.25, 0.3) is 10.9 Å². The number of hydrogen-bond donors (Lipinski definition) is 1. The Kier molecular flexibility index (Phi) is 4.10. The van der Waals surface area contributed by atoms with Gasteiger partial charge < -0.3 is 5.32 Å². The summed E-state index contributed by atoms with van der Waals surface area (Å²) in [5.74, 6) is 1.22. The maximum Gasteiger partial charge on any atom is 0.0682 e. The molecule has 0 fully saturated rings. The minimum atomic E-state index is 0.448. The number of fused-ring (bicyclic) bond motifs is 2. The van der Waals surface area contributed by atoms with E-state index in [-0.39, 0.29) is 0 Å². The Balaban J connectivity index is 1.54. The van der Waals surface area contributed by atoms with Gasteiger partial charge in [0.2, 0.25) is 0 Å². The predicted molar refractivity (Wildman–Crippen MR) is 96.7 cm³/mol. The predicted octanol–water partition coefficient (Wildman–Crippen LogP) is 4.29. The van der Waals surface area contributed by atoms with E-state index in [2.05, 4.69) is 52.9 Å². The van der Waals surface area contributed by atoms with E-state index in [0.29, 0.717) is 6.04 Å². The van der Waals surface area contributed by atoms with E-state index >= 15 is 0 Å². The van der Waals surface area contributed by atoms with Crippen LogP contribution in [0.5, 0.6) is 0 Å². The van der Waals surface area contributed by atoms with Crippen LogP contribution in [0.2, 0.25) is 0 Å². The van der Waals surface area contributed by atoms with Gasteiger partial charge in [-0.2, -0.15) is 5.10 Å². The highest BCUT2D eigenvalue weighted by Gasteiger charge is 2.18. The second-order valence-corrected chi connectivity index (χ2v) is 7.26. The molecule has 4 rings (SSSR count). The van der Waals surface area contributed by atoms with Gasteiger partial charge in [-0.05, 0) is 41.9 Å². The number of hydrogen-bond acceptors (Lipinski definition) is 3. The zero-order valence-electron chi connectivity index (χ0n) is 13.3. The van der Waals surface area contributed by atoms with Gasteiger partial charge in [0.05, 0.1) is 11.7 Å². The fraction of sp³-hybridized carbons (Fsp3) is 0.316. The SMILES string of the molecule is Cn1ncc2ccc(CNC3CCCSc4ccccc43)cc21. The van der Waals surface area contributed by atoms with Crippen LogP contribution in [0.1, 0.15) is 30.0 Å². The van der Waals surface area contributed by atoms with Crippen molar-refractivity contribution in [1.29, 1.82) is 0 Å². The molecule has 1 unspecified atom stereocenters. The lowest BCUT2D eigenvalue weighted by atomic mass is 10.0. The Morgan fingerprint density at radius 2 is 2.17 bits per heavy atom. The van der Waals surface area contributed by atoms with Gasteiger partial charge in [0.25, 0.3) is 0 Å². The van der Waals surface area contributed by atoms with Gasteiger partial charge >= 0.3 is 0 Å². The largest absolute Gasteiger partial charge is 0.306 e. The van der Waals surface area contributed by atoms with Crippen molar-refractivity contribution in [2.24, 2.45) is 7.05 Å². The van der Waals surface area contributed by atoms with Crippen LogP contribution >= 0.6 is 11.8 Å². The molecule has 0 aliphatic carbocycles. The minimum Gasteiger partial charge on any atom is -0.306 e. The molecule has 0 bridgehead atoms. The average molecular weight is 323 g/mol. The van der Waals surface area contributed by atoms with Gasteiger partial charge in [0.15, 0.2) is 0 Å². The summed E-state index contributed by atoms with van der Waals surface area (Å²) in [4.78, 5) is 1.43. The smallest absolute Gasteiger partial charge is 0.0682 e. The van der Waals surface area contributed by atoms with Crippen LogP contribution in [-0.4, -0.2) is 15.5 Å². The number of thioether (sulfide) groups is 1. The Morgan fingerprint density at radius 3 is 3.13 bits per heavy atom. The molecule has 0 radical (unpaired) electrons. The second kappa shape index (κ2) is 6.38. The van der Waals surface area contributed by atoms with E-state index in [1.165, 1.54) is 45.5 Å². The first-order valence-electron chi connectivity index (χ1n) is 8.17. The monoisotopic (exact) mass is 323 g/mol. The third-order valence-electron chi connectivity index (χ3n) is 4.56. The summed E-state index contributed by atoms with van der Waals surface area (Å²) in [5.41, 5.74) is 3.97. The molecule has 4 heteroatoms. The first-order chi connectivity index (χ1) is 11.3.